The lowest BCUT2D eigenvalue weighted by molar-refractivity contribution is -0.137. The van der Waals surface area contributed by atoms with Gasteiger partial charge in [-0.15, -0.1) is 0 Å². The van der Waals surface area contributed by atoms with Crippen LogP contribution in [0.1, 0.15) is 31.2 Å². The van der Waals surface area contributed by atoms with Crippen molar-refractivity contribution in [3.8, 4) is 22.6 Å². The van der Waals surface area contributed by atoms with Crippen LogP contribution in [0.4, 0.5) is 0 Å². The summed E-state index contributed by atoms with van der Waals surface area (Å²) in [4.78, 5) is 10.5. The summed E-state index contributed by atoms with van der Waals surface area (Å²) >= 11 is 0. The molecule has 0 aliphatic rings. The van der Waals surface area contributed by atoms with Gasteiger partial charge >= 0.3 is 5.97 Å². The fourth-order valence-corrected chi connectivity index (χ4v) is 2.55. The van der Waals surface area contributed by atoms with Gasteiger partial charge in [0.25, 0.3) is 0 Å². The fourth-order valence-electron chi connectivity index (χ4n) is 2.55. The van der Waals surface area contributed by atoms with Crippen LogP contribution in [0.25, 0.3) is 11.1 Å². The number of nitrogens with one attached hydrogen (secondary N) is 1. The molecular formula is C20H24N2O4. The third-order valence-electron chi connectivity index (χ3n) is 3.99. The van der Waals surface area contributed by atoms with Crippen LogP contribution in [0.3, 0.4) is 0 Å². The van der Waals surface area contributed by atoms with E-state index < -0.39 is 5.97 Å². The number of benzene rings is 2. The van der Waals surface area contributed by atoms with Crippen molar-refractivity contribution in [3.63, 3.8) is 0 Å². The summed E-state index contributed by atoms with van der Waals surface area (Å²) in [7, 11) is 1.59. The minimum atomic E-state index is -0.764. The smallest absolute Gasteiger partial charge is 0.303 e. The topological polar surface area (TPSA) is 106 Å². The molecule has 0 radical (unpaired) electrons. The minimum Gasteiger partial charge on any atom is -0.493 e. The highest BCUT2D eigenvalue weighted by molar-refractivity contribution is 5.95. The van der Waals surface area contributed by atoms with Gasteiger partial charge in [-0.05, 0) is 42.5 Å². The Labute approximate surface area is 153 Å². The number of nitrogens with two attached hydrogens (primary N) is 1. The number of aliphatic carboxylic acids is 1. The van der Waals surface area contributed by atoms with Crippen LogP contribution >= 0.6 is 0 Å². The first-order valence-electron chi connectivity index (χ1n) is 8.48. The van der Waals surface area contributed by atoms with Crippen LogP contribution in [-0.2, 0) is 4.79 Å². The quantitative estimate of drug-likeness (QED) is 0.342. The highest BCUT2D eigenvalue weighted by Gasteiger charge is 2.08. The first kappa shape index (κ1) is 19.3. The van der Waals surface area contributed by atoms with E-state index in [0.717, 1.165) is 24.0 Å². The highest BCUT2D eigenvalue weighted by Crippen LogP contribution is 2.32. The molecule has 2 rings (SSSR count). The number of hydrogen-bond donors (Lipinski definition) is 3. The van der Waals surface area contributed by atoms with Crippen molar-refractivity contribution in [2.24, 2.45) is 5.73 Å². The Balaban J connectivity index is 1.98. The molecule has 0 amide bonds. The van der Waals surface area contributed by atoms with Gasteiger partial charge in [-0.3, -0.25) is 10.2 Å². The number of nitrogen functional groups attached to an aromatic ring is 1. The fraction of sp³-hybridized carbons (Fsp3) is 0.300. The van der Waals surface area contributed by atoms with Gasteiger partial charge in [0.1, 0.15) is 5.84 Å². The maximum absolute atomic E-state index is 10.5. The van der Waals surface area contributed by atoms with Gasteiger partial charge in [0.15, 0.2) is 11.5 Å². The van der Waals surface area contributed by atoms with Crippen molar-refractivity contribution in [3.05, 3.63) is 48.0 Å². The normalized spacial score (nSPS) is 10.3. The molecule has 4 N–H and O–H groups in total. The van der Waals surface area contributed by atoms with Gasteiger partial charge in [0.2, 0.25) is 0 Å². The second kappa shape index (κ2) is 9.46. The Morgan fingerprint density at radius 2 is 1.73 bits per heavy atom. The van der Waals surface area contributed by atoms with Gasteiger partial charge in [0, 0.05) is 12.0 Å². The monoisotopic (exact) mass is 356 g/mol. The second-order valence-electron chi connectivity index (χ2n) is 5.91. The third-order valence-corrected chi connectivity index (χ3v) is 3.99. The van der Waals surface area contributed by atoms with Gasteiger partial charge in [-0.1, -0.05) is 30.3 Å². The molecule has 0 aliphatic carbocycles. The van der Waals surface area contributed by atoms with Gasteiger partial charge in [-0.25, -0.2) is 0 Å². The summed E-state index contributed by atoms with van der Waals surface area (Å²) in [6, 6.07) is 13.2. The molecular weight excluding hydrogens is 332 g/mol. The number of methoxy groups -OCH3 is 1. The molecule has 0 saturated carbocycles. The zero-order valence-corrected chi connectivity index (χ0v) is 14.8. The van der Waals surface area contributed by atoms with E-state index in [-0.39, 0.29) is 12.3 Å². The number of carbonyl (C=O) groups is 1. The number of ether oxygens (including phenoxy) is 2. The number of amidine groups is 1. The van der Waals surface area contributed by atoms with Crippen molar-refractivity contribution in [2.45, 2.75) is 25.7 Å². The van der Waals surface area contributed by atoms with E-state index in [1.54, 1.807) is 7.11 Å². The predicted octanol–water partition coefficient (Wildman–Crippen LogP) is 3.67. The van der Waals surface area contributed by atoms with Crippen molar-refractivity contribution in [1.82, 2.24) is 0 Å². The number of carboxylic acid groups (broad SMARTS) is 1. The van der Waals surface area contributed by atoms with Gasteiger partial charge < -0.3 is 20.3 Å². The number of unbranched alkanes of at least 4 members (excludes halogenated alkanes) is 2. The third kappa shape index (κ3) is 5.51. The molecule has 0 bridgehead atoms. The zero-order valence-electron chi connectivity index (χ0n) is 14.8. The highest BCUT2D eigenvalue weighted by atomic mass is 16.5. The summed E-state index contributed by atoms with van der Waals surface area (Å²) in [6.07, 6.45) is 2.46. The molecule has 0 atom stereocenters. The molecule has 6 nitrogen and oxygen atoms in total. The molecule has 0 spiro atoms. The van der Waals surface area contributed by atoms with Crippen LogP contribution in [0, 0.1) is 5.41 Å². The zero-order chi connectivity index (χ0) is 18.9. The average molecular weight is 356 g/mol. The van der Waals surface area contributed by atoms with E-state index in [4.69, 9.17) is 25.7 Å². The summed E-state index contributed by atoms with van der Waals surface area (Å²) in [6.45, 7) is 0.517. The molecule has 0 saturated heterocycles. The molecule has 2 aromatic rings. The average Bonchev–Trinajstić information content (AvgIpc) is 2.64. The Morgan fingerprint density at radius 3 is 2.35 bits per heavy atom. The van der Waals surface area contributed by atoms with E-state index in [9.17, 15) is 4.79 Å². The van der Waals surface area contributed by atoms with Crippen molar-refractivity contribution in [1.29, 1.82) is 5.41 Å². The molecule has 0 heterocycles. The largest absolute Gasteiger partial charge is 0.493 e. The van der Waals surface area contributed by atoms with Crippen LogP contribution in [0.15, 0.2) is 42.5 Å². The minimum absolute atomic E-state index is 0.0428. The van der Waals surface area contributed by atoms with E-state index in [2.05, 4.69) is 0 Å². The van der Waals surface area contributed by atoms with Crippen molar-refractivity contribution < 1.29 is 19.4 Å². The second-order valence-corrected chi connectivity index (χ2v) is 5.91. The van der Waals surface area contributed by atoms with Crippen molar-refractivity contribution >= 4 is 11.8 Å². The van der Waals surface area contributed by atoms with Gasteiger partial charge in [0.05, 0.1) is 13.7 Å². The summed E-state index contributed by atoms with van der Waals surface area (Å²) in [5.74, 6) is 0.583. The first-order valence-corrected chi connectivity index (χ1v) is 8.48. The Morgan fingerprint density at radius 1 is 1.04 bits per heavy atom. The number of rotatable bonds is 10. The molecule has 0 unspecified atom stereocenters. The van der Waals surface area contributed by atoms with Crippen LogP contribution in [0.5, 0.6) is 11.5 Å². The Hall–Kier alpha value is -3.02. The maximum atomic E-state index is 10.5. The molecule has 0 aliphatic heterocycles. The summed E-state index contributed by atoms with van der Waals surface area (Å²) < 4.78 is 11.2. The Kier molecular flexibility index (Phi) is 7.02. The van der Waals surface area contributed by atoms with Crippen LogP contribution in [0.2, 0.25) is 0 Å². The molecule has 0 fully saturated rings. The SMILES string of the molecule is COc1cc(-c2ccc(C(=N)N)cc2)ccc1OCCCCCC(=O)O. The lowest BCUT2D eigenvalue weighted by Crippen LogP contribution is -2.10. The lowest BCUT2D eigenvalue weighted by atomic mass is 10.0. The van der Waals surface area contributed by atoms with Crippen LogP contribution < -0.4 is 15.2 Å². The lowest BCUT2D eigenvalue weighted by Gasteiger charge is -2.12. The first-order chi connectivity index (χ1) is 12.5. The standard InChI is InChI=1S/C20H24N2O4/c1-25-18-13-16(14-6-8-15(9-7-14)20(21)22)10-11-17(18)26-12-4-2-3-5-19(23)24/h6-11,13H,2-5,12H2,1H3,(H3,21,22)(H,23,24). The summed E-state index contributed by atoms with van der Waals surface area (Å²) in [5, 5.41) is 16.1. The molecule has 2 aromatic carbocycles. The van der Waals surface area contributed by atoms with Gasteiger partial charge in [-0.2, -0.15) is 0 Å². The molecule has 138 valence electrons. The molecule has 6 heteroatoms. The maximum Gasteiger partial charge on any atom is 0.303 e. The van der Waals surface area contributed by atoms with Crippen LogP contribution in [-0.4, -0.2) is 30.6 Å². The van der Waals surface area contributed by atoms with E-state index in [1.807, 2.05) is 42.5 Å². The predicted molar refractivity (Wildman–Crippen MR) is 101 cm³/mol. The van der Waals surface area contributed by atoms with E-state index in [1.165, 1.54) is 0 Å². The van der Waals surface area contributed by atoms with E-state index in [0.29, 0.717) is 30.1 Å². The number of carboxylic acids is 1. The van der Waals surface area contributed by atoms with Crippen molar-refractivity contribution in [2.75, 3.05) is 13.7 Å². The molecule has 0 aromatic heterocycles. The summed E-state index contributed by atoms with van der Waals surface area (Å²) in [5.41, 5.74) is 8.13. The Bertz CT molecular complexity index is 757. The van der Waals surface area contributed by atoms with E-state index >= 15 is 0 Å². The number of hydrogen-bond acceptors (Lipinski definition) is 4. The molecule has 26 heavy (non-hydrogen) atoms.